The number of halogens is 1. The van der Waals surface area contributed by atoms with Crippen LogP contribution in [0.2, 0.25) is 0 Å². The second-order valence-corrected chi connectivity index (χ2v) is 4.59. The van der Waals surface area contributed by atoms with Crippen LogP contribution in [0.15, 0.2) is 0 Å². The quantitative estimate of drug-likeness (QED) is 0.622. The van der Waals surface area contributed by atoms with E-state index in [1.165, 1.54) is 25.7 Å². The van der Waals surface area contributed by atoms with Crippen LogP contribution in [0.5, 0.6) is 0 Å². The molecule has 0 saturated heterocycles. The molecule has 0 aromatic rings. The van der Waals surface area contributed by atoms with Crippen LogP contribution in [0.3, 0.4) is 0 Å². The van der Waals surface area contributed by atoms with Gasteiger partial charge in [-0.25, -0.2) is 0 Å². The molecule has 0 heterocycles. The molecule has 1 amide bonds. The molecule has 0 atom stereocenters. The van der Waals surface area contributed by atoms with Crippen molar-refractivity contribution in [2.75, 3.05) is 19.0 Å². The van der Waals surface area contributed by atoms with Crippen LogP contribution >= 0.6 is 11.6 Å². The smallest absolute Gasteiger partial charge is 0.237 e. The van der Waals surface area contributed by atoms with Crippen LogP contribution in [0.1, 0.15) is 25.7 Å². The number of carbonyl (C=O) groups is 1. The number of alkyl halides is 1. The third kappa shape index (κ3) is 2.87. The van der Waals surface area contributed by atoms with Gasteiger partial charge in [0.1, 0.15) is 5.88 Å². The first-order chi connectivity index (χ1) is 6.29. The number of amides is 1. The molecule has 2 nitrogen and oxygen atoms in total. The van der Waals surface area contributed by atoms with Gasteiger partial charge in [0, 0.05) is 13.1 Å². The van der Waals surface area contributed by atoms with Gasteiger partial charge in [0.05, 0.1) is 0 Å². The minimum atomic E-state index is 0.125. The highest BCUT2D eigenvalue weighted by Gasteiger charge is 2.30. The third-order valence-electron chi connectivity index (χ3n) is 2.82. The molecule has 0 spiro atoms. The molecule has 0 radical (unpaired) electrons. The lowest BCUT2D eigenvalue weighted by Crippen LogP contribution is -2.35. The number of rotatable bonds is 5. The highest BCUT2D eigenvalue weighted by atomic mass is 35.5. The number of hydrogen-bond donors (Lipinski definition) is 0. The Balaban J connectivity index is 1.80. The molecule has 0 bridgehead atoms. The van der Waals surface area contributed by atoms with Gasteiger partial charge in [0.25, 0.3) is 0 Å². The van der Waals surface area contributed by atoms with E-state index in [-0.39, 0.29) is 11.8 Å². The maximum absolute atomic E-state index is 11.4. The van der Waals surface area contributed by atoms with Crippen LogP contribution in [-0.4, -0.2) is 29.8 Å². The maximum atomic E-state index is 11.4. The Morgan fingerprint density at radius 1 is 1.15 bits per heavy atom. The van der Waals surface area contributed by atoms with Crippen molar-refractivity contribution in [2.24, 2.45) is 11.8 Å². The van der Waals surface area contributed by atoms with Crippen LogP contribution in [0.4, 0.5) is 0 Å². The minimum absolute atomic E-state index is 0.125. The lowest BCUT2D eigenvalue weighted by molar-refractivity contribution is -0.129. The molecular formula is C10H16ClNO. The van der Waals surface area contributed by atoms with Crippen molar-refractivity contribution >= 4 is 17.5 Å². The van der Waals surface area contributed by atoms with Crippen molar-refractivity contribution in [1.29, 1.82) is 0 Å². The van der Waals surface area contributed by atoms with Gasteiger partial charge in [-0.3, -0.25) is 4.79 Å². The molecule has 3 heteroatoms. The van der Waals surface area contributed by atoms with E-state index in [9.17, 15) is 4.79 Å². The van der Waals surface area contributed by atoms with Crippen LogP contribution < -0.4 is 0 Å². The summed E-state index contributed by atoms with van der Waals surface area (Å²) in [7, 11) is 0. The van der Waals surface area contributed by atoms with Crippen LogP contribution in [-0.2, 0) is 4.79 Å². The van der Waals surface area contributed by atoms with Gasteiger partial charge < -0.3 is 4.90 Å². The van der Waals surface area contributed by atoms with Gasteiger partial charge in [0.2, 0.25) is 5.91 Å². The summed E-state index contributed by atoms with van der Waals surface area (Å²) in [4.78, 5) is 13.4. The summed E-state index contributed by atoms with van der Waals surface area (Å²) >= 11 is 5.56. The fraction of sp³-hybridized carbons (Fsp3) is 0.900. The fourth-order valence-corrected chi connectivity index (χ4v) is 1.76. The van der Waals surface area contributed by atoms with Crippen molar-refractivity contribution in [1.82, 2.24) is 4.90 Å². The summed E-state index contributed by atoms with van der Waals surface area (Å²) in [5.41, 5.74) is 0. The van der Waals surface area contributed by atoms with E-state index in [4.69, 9.17) is 11.6 Å². The number of carbonyl (C=O) groups excluding carboxylic acids is 1. The topological polar surface area (TPSA) is 20.3 Å². The van der Waals surface area contributed by atoms with E-state index < -0.39 is 0 Å². The first-order valence-electron chi connectivity index (χ1n) is 5.13. The van der Waals surface area contributed by atoms with Gasteiger partial charge in [-0.15, -0.1) is 11.6 Å². The Hall–Kier alpha value is -0.240. The third-order valence-corrected chi connectivity index (χ3v) is 3.05. The summed E-state index contributed by atoms with van der Waals surface area (Å²) < 4.78 is 0. The molecule has 0 aromatic heterocycles. The van der Waals surface area contributed by atoms with Gasteiger partial charge in [0.15, 0.2) is 0 Å². The Morgan fingerprint density at radius 2 is 1.62 bits per heavy atom. The minimum Gasteiger partial charge on any atom is -0.341 e. The Morgan fingerprint density at radius 3 is 1.92 bits per heavy atom. The SMILES string of the molecule is O=C(CCl)N(CC1CC1)CC1CC1. The zero-order valence-corrected chi connectivity index (χ0v) is 8.59. The van der Waals surface area contributed by atoms with Gasteiger partial charge in [-0.05, 0) is 37.5 Å². The van der Waals surface area contributed by atoms with Crippen molar-refractivity contribution in [3.8, 4) is 0 Å². The number of hydrogen-bond acceptors (Lipinski definition) is 1. The Labute approximate surface area is 84.2 Å². The molecule has 0 aliphatic heterocycles. The second kappa shape index (κ2) is 3.87. The maximum Gasteiger partial charge on any atom is 0.237 e. The first-order valence-corrected chi connectivity index (χ1v) is 5.67. The molecule has 0 N–H and O–H groups in total. The lowest BCUT2D eigenvalue weighted by Gasteiger charge is -2.21. The predicted octanol–water partition coefficient (Wildman–Crippen LogP) is 1.87. The monoisotopic (exact) mass is 201 g/mol. The average Bonchev–Trinajstić information content (AvgIpc) is 2.94. The zero-order chi connectivity index (χ0) is 9.26. The average molecular weight is 202 g/mol. The molecule has 2 fully saturated rings. The molecule has 2 rings (SSSR count). The van der Waals surface area contributed by atoms with E-state index in [0.717, 1.165) is 24.9 Å². The second-order valence-electron chi connectivity index (χ2n) is 4.32. The standard InChI is InChI=1S/C10H16ClNO/c11-5-10(13)12(6-8-1-2-8)7-9-3-4-9/h8-9H,1-7H2. The summed E-state index contributed by atoms with van der Waals surface area (Å²) in [5, 5.41) is 0. The summed E-state index contributed by atoms with van der Waals surface area (Å²) in [6.07, 6.45) is 5.21. The Kier molecular flexibility index (Phi) is 2.77. The summed E-state index contributed by atoms with van der Waals surface area (Å²) in [5.74, 6) is 1.84. The molecule has 0 unspecified atom stereocenters. The van der Waals surface area contributed by atoms with Crippen molar-refractivity contribution < 1.29 is 4.79 Å². The summed E-state index contributed by atoms with van der Waals surface area (Å²) in [6.45, 7) is 1.92. The van der Waals surface area contributed by atoms with E-state index in [2.05, 4.69) is 0 Å². The van der Waals surface area contributed by atoms with E-state index in [0.29, 0.717) is 0 Å². The first kappa shape index (κ1) is 9.32. The molecule has 2 aliphatic carbocycles. The van der Waals surface area contributed by atoms with E-state index >= 15 is 0 Å². The molecule has 2 aliphatic rings. The Bertz CT molecular complexity index is 185. The van der Waals surface area contributed by atoms with Crippen molar-refractivity contribution in [2.45, 2.75) is 25.7 Å². The molecule has 74 valence electrons. The van der Waals surface area contributed by atoms with E-state index in [1.807, 2.05) is 4.90 Å². The lowest BCUT2D eigenvalue weighted by atomic mass is 10.3. The van der Waals surface area contributed by atoms with Gasteiger partial charge >= 0.3 is 0 Å². The van der Waals surface area contributed by atoms with Crippen molar-refractivity contribution in [3.05, 3.63) is 0 Å². The number of nitrogens with zero attached hydrogens (tertiary/aromatic N) is 1. The predicted molar refractivity (Wildman–Crippen MR) is 52.7 cm³/mol. The molecule has 0 aromatic carbocycles. The van der Waals surface area contributed by atoms with Gasteiger partial charge in [-0.2, -0.15) is 0 Å². The molecule has 2 saturated carbocycles. The van der Waals surface area contributed by atoms with Crippen LogP contribution in [0.25, 0.3) is 0 Å². The van der Waals surface area contributed by atoms with Gasteiger partial charge in [-0.1, -0.05) is 0 Å². The normalized spacial score (nSPS) is 21.6. The van der Waals surface area contributed by atoms with Crippen molar-refractivity contribution in [3.63, 3.8) is 0 Å². The highest BCUT2D eigenvalue weighted by Crippen LogP contribution is 2.33. The molecular weight excluding hydrogens is 186 g/mol. The fourth-order valence-electron chi connectivity index (χ4n) is 1.59. The largest absolute Gasteiger partial charge is 0.341 e. The molecule has 13 heavy (non-hydrogen) atoms. The summed E-state index contributed by atoms with van der Waals surface area (Å²) in [6, 6.07) is 0. The zero-order valence-electron chi connectivity index (χ0n) is 7.84. The highest BCUT2D eigenvalue weighted by molar-refractivity contribution is 6.27. The van der Waals surface area contributed by atoms with E-state index in [1.54, 1.807) is 0 Å². The van der Waals surface area contributed by atoms with Crippen LogP contribution in [0, 0.1) is 11.8 Å².